The van der Waals surface area contributed by atoms with Gasteiger partial charge in [0.1, 0.15) is 5.75 Å². The zero-order chi connectivity index (χ0) is 27.1. The Morgan fingerprint density at radius 3 is 2.41 bits per heavy atom. The number of benzene rings is 4. The van der Waals surface area contributed by atoms with Gasteiger partial charge in [-0.3, -0.25) is 0 Å². The standard InChI is InChI=1S/C34H31BrO3S/c1-20-21(2)39-33-30(20)31(25-14-8-9-15-26(25)32(33)35)24-16-17-28(27(19-24)23-12-6-7-13-23)38-29(34(36)37)18-22-10-4-3-5-11-22/h3-5,8-11,14-17,19,23,29H,6-7,12-13,18H2,1-2H3,(H,36,37)/t29-/m1/s1. The van der Waals surface area contributed by atoms with E-state index >= 15 is 0 Å². The van der Waals surface area contributed by atoms with Gasteiger partial charge in [-0.1, -0.05) is 73.5 Å². The summed E-state index contributed by atoms with van der Waals surface area (Å²) >= 11 is 5.76. The van der Waals surface area contributed by atoms with E-state index in [2.05, 4.69) is 66.2 Å². The highest BCUT2D eigenvalue weighted by molar-refractivity contribution is 9.11. The van der Waals surface area contributed by atoms with E-state index < -0.39 is 12.1 Å². The maximum atomic E-state index is 12.3. The van der Waals surface area contributed by atoms with Crippen molar-refractivity contribution in [2.45, 2.75) is 58.0 Å². The van der Waals surface area contributed by atoms with Gasteiger partial charge in [-0.25, -0.2) is 4.79 Å². The van der Waals surface area contributed by atoms with Crippen LogP contribution in [0, 0.1) is 13.8 Å². The van der Waals surface area contributed by atoms with Gasteiger partial charge in [0, 0.05) is 21.2 Å². The van der Waals surface area contributed by atoms with E-state index in [-0.39, 0.29) is 0 Å². The summed E-state index contributed by atoms with van der Waals surface area (Å²) in [6.07, 6.45) is 3.96. The lowest BCUT2D eigenvalue weighted by Crippen LogP contribution is -2.29. The molecule has 4 aromatic carbocycles. The number of carboxylic acids is 1. The van der Waals surface area contributed by atoms with Crippen molar-refractivity contribution in [2.75, 3.05) is 0 Å². The molecular weight excluding hydrogens is 568 g/mol. The molecule has 1 aliphatic rings. The number of ether oxygens (including phenoxy) is 1. The Morgan fingerprint density at radius 2 is 1.69 bits per heavy atom. The van der Waals surface area contributed by atoms with Crippen molar-refractivity contribution in [2.24, 2.45) is 0 Å². The van der Waals surface area contributed by atoms with E-state index in [9.17, 15) is 9.90 Å². The molecule has 0 spiro atoms. The molecule has 3 nitrogen and oxygen atoms in total. The third kappa shape index (κ3) is 4.87. The number of fused-ring (bicyclic) bond motifs is 2. The largest absolute Gasteiger partial charge is 0.478 e. The van der Waals surface area contributed by atoms with Crippen LogP contribution in [0.25, 0.3) is 32.0 Å². The normalized spacial score (nSPS) is 14.7. The van der Waals surface area contributed by atoms with Crippen molar-refractivity contribution in [3.8, 4) is 16.9 Å². The molecule has 0 unspecified atom stereocenters. The number of thiophene rings is 1. The zero-order valence-corrected chi connectivity index (χ0v) is 24.6. The molecule has 1 N–H and O–H groups in total. The molecule has 0 bridgehead atoms. The Bertz CT molecular complexity index is 1680. The predicted octanol–water partition coefficient (Wildman–Crippen LogP) is 9.83. The van der Waals surface area contributed by atoms with E-state index in [4.69, 9.17) is 4.74 Å². The Labute approximate surface area is 241 Å². The van der Waals surface area contributed by atoms with Gasteiger partial charge in [0.2, 0.25) is 0 Å². The number of halogens is 1. The first-order chi connectivity index (χ1) is 18.9. The molecule has 1 heterocycles. The molecule has 0 amide bonds. The number of carboxylic acid groups (broad SMARTS) is 1. The highest BCUT2D eigenvalue weighted by Crippen LogP contribution is 2.48. The molecule has 1 fully saturated rings. The monoisotopic (exact) mass is 598 g/mol. The van der Waals surface area contributed by atoms with E-state index in [1.807, 2.05) is 47.7 Å². The Kier molecular flexibility index (Phi) is 7.22. The molecule has 39 heavy (non-hydrogen) atoms. The molecule has 5 aromatic rings. The van der Waals surface area contributed by atoms with Gasteiger partial charge in [-0.15, -0.1) is 11.3 Å². The van der Waals surface area contributed by atoms with Crippen LogP contribution in [0.15, 0.2) is 77.3 Å². The summed E-state index contributed by atoms with van der Waals surface area (Å²) in [6.45, 7) is 4.41. The second-order valence-corrected chi connectivity index (χ2v) is 12.6. The molecule has 0 radical (unpaired) electrons. The van der Waals surface area contributed by atoms with Gasteiger partial charge in [0.05, 0.1) is 4.70 Å². The number of carbonyl (C=O) groups is 1. The summed E-state index contributed by atoms with van der Waals surface area (Å²) in [4.78, 5) is 13.6. The SMILES string of the molecule is Cc1sc2c(Br)c3ccccc3c(-c3ccc(O[C@H](Cc4ccccc4)C(=O)O)c(C4CCCC4)c3)c2c1C. The van der Waals surface area contributed by atoms with Crippen molar-refractivity contribution in [1.82, 2.24) is 0 Å². The minimum atomic E-state index is -0.944. The van der Waals surface area contributed by atoms with E-state index in [0.29, 0.717) is 18.1 Å². The lowest BCUT2D eigenvalue weighted by Gasteiger charge is -2.22. The summed E-state index contributed by atoms with van der Waals surface area (Å²) in [7, 11) is 0. The van der Waals surface area contributed by atoms with Crippen LogP contribution in [0.5, 0.6) is 5.75 Å². The summed E-state index contributed by atoms with van der Waals surface area (Å²) in [5.41, 5.74) is 5.81. The maximum Gasteiger partial charge on any atom is 0.345 e. The van der Waals surface area contributed by atoms with Crippen molar-refractivity contribution in [1.29, 1.82) is 0 Å². The average Bonchev–Trinajstić information content (AvgIpc) is 3.59. The Hall–Kier alpha value is -3.15. The highest BCUT2D eigenvalue weighted by Gasteiger charge is 2.27. The fourth-order valence-electron chi connectivity index (χ4n) is 6.06. The fourth-order valence-corrected chi connectivity index (χ4v) is 7.96. The molecule has 6 rings (SSSR count). The molecule has 198 valence electrons. The molecule has 1 aromatic heterocycles. The number of rotatable bonds is 7. The molecule has 5 heteroatoms. The molecule has 0 aliphatic heterocycles. The number of hydrogen-bond donors (Lipinski definition) is 1. The van der Waals surface area contributed by atoms with E-state index in [1.54, 1.807) is 0 Å². The van der Waals surface area contributed by atoms with Crippen LogP contribution in [0.3, 0.4) is 0 Å². The van der Waals surface area contributed by atoms with Gasteiger partial charge >= 0.3 is 5.97 Å². The van der Waals surface area contributed by atoms with Gasteiger partial charge in [0.15, 0.2) is 6.10 Å². The summed E-state index contributed by atoms with van der Waals surface area (Å²) in [5.74, 6) is 0.129. The molecule has 0 saturated heterocycles. The van der Waals surface area contributed by atoms with Crippen LogP contribution in [0.1, 0.15) is 53.2 Å². The van der Waals surface area contributed by atoms with E-state index in [1.165, 1.54) is 49.7 Å². The van der Waals surface area contributed by atoms with Gasteiger partial charge in [0.25, 0.3) is 0 Å². The number of aliphatic carboxylic acids is 1. The number of aryl methyl sites for hydroxylation is 2. The van der Waals surface area contributed by atoms with Crippen LogP contribution in [0.4, 0.5) is 0 Å². The van der Waals surface area contributed by atoms with Crippen molar-refractivity contribution >= 4 is 54.1 Å². The Balaban J connectivity index is 1.51. The molecular formula is C34H31BrO3S. The summed E-state index contributed by atoms with van der Waals surface area (Å²) in [5, 5.41) is 13.8. The molecule has 1 aliphatic carbocycles. The quantitative estimate of drug-likeness (QED) is 0.203. The molecule has 1 atom stereocenters. The first kappa shape index (κ1) is 26.1. The smallest absolute Gasteiger partial charge is 0.345 e. The number of hydrogen-bond acceptors (Lipinski definition) is 3. The fraction of sp³-hybridized carbons (Fsp3) is 0.265. The summed E-state index contributed by atoms with van der Waals surface area (Å²) < 4.78 is 8.76. The minimum Gasteiger partial charge on any atom is -0.478 e. The van der Waals surface area contributed by atoms with Crippen LogP contribution in [0.2, 0.25) is 0 Å². The minimum absolute atomic E-state index is 0.327. The summed E-state index contributed by atoms with van der Waals surface area (Å²) in [6, 6.07) is 24.7. The lowest BCUT2D eigenvalue weighted by atomic mass is 9.89. The van der Waals surface area contributed by atoms with Crippen LogP contribution < -0.4 is 4.74 Å². The average molecular weight is 600 g/mol. The second kappa shape index (κ2) is 10.8. The van der Waals surface area contributed by atoms with Crippen LogP contribution in [-0.4, -0.2) is 17.2 Å². The van der Waals surface area contributed by atoms with Gasteiger partial charge in [-0.2, -0.15) is 0 Å². The van der Waals surface area contributed by atoms with Crippen LogP contribution >= 0.6 is 27.3 Å². The van der Waals surface area contributed by atoms with Crippen molar-refractivity contribution < 1.29 is 14.6 Å². The Morgan fingerprint density at radius 1 is 1.00 bits per heavy atom. The lowest BCUT2D eigenvalue weighted by molar-refractivity contribution is -0.145. The molecule has 1 saturated carbocycles. The third-order valence-corrected chi connectivity index (χ3v) is 10.5. The topological polar surface area (TPSA) is 46.5 Å². The second-order valence-electron chi connectivity index (χ2n) is 10.6. The van der Waals surface area contributed by atoms with Gasteiger partial charge in [-0.05, 0) is 99.3 Å². The third-order valence-electron chi connectivity index (χ3n) is 8.17. The van der Waals surface area contributed by atoms with Crippen molar-refractivity contribution in [3.05, 3.63) is 98.8 Å². The highest BCUT2D eigenvalue weighted by atomic mass is 79.9. The predicted molar refractivity (Wildman–Crippen MR) is 165 cm³/mol. The van der Waals surface area contributed by atoms with Gasteiger partial charge < -0.3 is 9.84 Å². The zero-order valence-electron chi connectivity index (χ0n) is 22.2. The van der Waals surface area contributed by atoms with Crippen LogP contribution in [-0.2, 0) is 11.2 Å². The first-order valence-electron chi connectivity index (χ1n) is 13.6. The van der Waals surface area contributed by atoms with E-state index in [0.717, 1.165) is 34.0 Å². The van der Waals surface area contributed by atoms with Crippen molar-refractivity contribution in [3.63, 3.8) is 0 Å². The maximum absolute atomic E-state index is 12.3. The first-order valence-corrected chi connectivity index (χ1v) is 15.2.